The quantitative estimate of drug-likeness (QED) is 0.837. The summed E-state index contributed by atoms with van der Waals surface area (Å²) in [6.45, 7) is 6.33. The largest absolute Gasteiger partial charge is 0.497 e. The second-order valence-electron chi connectivity index (χ2n) is 6.25. The number of likely N-dealkylation sites (tertiary alicyclic amines) is 1. The van der Waals surface area contributed by atoms with Gasteiger partial charge in [0, 0.05) is 45.0 Å². The molecule has 2 aliphatic rings. The van der Waals surface area contributed by atoms with Crippen LogP contribution in [0.3, 0.4) is 0 Å². The van der Waals surface area contributed by atoms with Gasteiger partial charge in [-0.15, -0.1) is 0 Å². The molecule has 1 aromatic heterocycles. The smallest absolute Gasteiger partial charge is 0.272 e. The highest BCUT2D eigenvalue weighted by Crippen LogP contribution is 2.20. The maximum Gasteiger partial charge on any atom is 0.272 e. The van der Waals surface area contributed by atoms with Crippen LogP contribution < -0.4 is 4.74 Å². The number of morpholine rings is 1. The fraction of sp³-hybridized carbons (Fsp3) is 0.647. The first-order valence-electron chi connectivity index (χ1n) is 8.35. The third kappa shape index (κ3) is 4.20. The topological polar surface area (TPSA) is 54.9 Å². The van der Waals surface area contributed by atoms with Crippen molar-refractivity contribution in [2.45, 2.75) is 12.8 Å². The van der Waals surface area contributed by atoms with E-state index < -0.39 is 0 Å². The van der Waals surface area contributed by atoms with Crippen LogP contribution in [0.2, 0.25) is 0 Å². The van der Waals surface area contributed by atoms with Crippen LogP contribution in [0.4, 0.5) is 0 Å². The van der Waals surface area contributed by atoms with E-state index in [2.05, 4.69) is 9.88 Å². The van der Waals surface area contributed by atoms with Gasteiger partial charge in [-0.3, -0.25) is 14.7 Å². The highest BCUT2D eigenvalue weighted by Gasteiger charge is 2.27. The summed E-state index contributed by atoms with van der Waals surface area (Å²) in [5.74, 6) is 1.22. The Balaban J connectivity index is 1.59. The van der Waals surface area contributed by atoms with Crippen LogP contribution in [0, 0.1) is 5.92 Å². The molecular weight excluding hydrogens is 294 g/mol. The van der Waals surface area contributed by atoms with Gasteiger partial charge >= 0.3 is 0 Å². The molecule has 0 radical (unpaired) electrons. The van der Waals surface area contributed by atoms with Crippen LogP contribution in [0.5, 0.6) is 5.75 Å². The van der Waals surface area contributed by atoms with E-state index in [9.17, 15) is 4.79 Å². The second-order valence-corrected chi connectivity index (χ2v) is 6.25. The maximum absolute atomic E-state index is 12.7. The van der Waals surface area contributed by atoms with Crippen molar-refractivity contribution in [1.29, 1.82) is 0 Å². The summed E-state index contributed by atoms with van der Waals surface area (Å²) in [6, 6.07) is 3.47. The fourth-order valence-corrected chi connectivity index (χ4v) is 3.36. The molecule has 2 saturated heterocycles. The SMILES string of the molecule is COc1ccnc(C(=O)N2CCC[C@H](CN3CCOCC3)C2)c1. The number of carbonyl (C=O) groups is 1. The lowest BCUT2D eigenvalue weighted by molar-refractivity contribution is 0.0223. The number of hydrogen-bond acceptors (Lipinski definition) is 5. The van der Waals surface area contributed by atoms with Gasteiger partial charge in [0.2, 0.25) is 0 Å². The Kier molecular flexibility index (Phi) is 5.46. The van der Waals surface area contributed by atoms with Crippen molar-refractivity contribution in [2.24, 2.45) is 5.92 Å². The molecule has 2 aliphatic heterocycles. The van der Waals surface area contributed by atoms with E-state index in [0.29, 0.717) is 17.4 Å². The Hall–Kier alpha value is -1.66. The fourth-order valence-electron chi connectivity index (χ4n) is 3.36. The first-order valence-corrected chi connectivity index (χ1v) is 8.35. The normalized spacial score (nSPS) is 22.8. The van der Waals surface area contributed by atoms with Crippen molar-refractivity contribution < 1.29 is 14.3 Å². The molecule has 1 atom stereocenters. The molecule has 0 spiro atoms. The molecule has 0 N–H and O–H groups in total. The minimum atomic E-state index is 0.00979. The summed E-state index contributed by atoms with van der Waals surface area (Å²) in [5, 5.41) is 0. The van der Waals surface area contributed by atoms with Gasteiger partial charge in [-0.2, -0.15) is 0 Å². The van der Waals surface area contributed by atoms with Gasteiger partial charge in [-0.1, -0.05) is 0 Å². The molecule has 0 unspecified atom stereocenters. The van der Waals surface area contributed by atoms with Gasteiger partial charge in [-0.25, -0.2) is 0 Å². The number of piperidine rings is 1. The van der Waals surface area contributed by atoms with E-state index in [0.717, 1.165) is 52.4 Å². The van der Waals surface area contributed by atoms with Crippen LogP contribution in [0.1, 0.15) is 23.3 Å². The minimum absolute atomic E-state index is 0.00979. The zero-order valence-corrected chi connectivity index (χ0v) is 13.7. The first-order chi connectivity index (χ1) is 11.3. The second kappa shape index (κ2) is 7.75. The van der Waals surface area contributed by atoms with Crippen molar-refractivity contribution in [2.75, 3.05) is 53.0 Å². The number of amides is 1. The van der Waals surface area contributed by atoms with E-state index in [1.54, 1.807) is 25.4 Å². The van der Waals surface area contributed by atoms with Gasteiger partial charge < -0.3 is 14.4 Å². The Labute approximate surface area is 137 Å². The Morgan fingerprint density at radius 2 is 2.22 bits per heavy atom. The molecule has 6 heteroatoms. The standard InChI is InChI=1S/C17H25N3O3/c1-22-15-4-5-18-16(11-15)17(21)20-6-2-3-14(13-20)12-19-7-9-23-10-8-19/h4-5,11,14H,2-3,6-10,12-13H2,1H3/t14-/m1/s1. The van der Waals surface area contributed by atoms with Crippen LogP contribution in [-0.4, -0.2) is 73.7 Å². The van der Waals surface area contributed by atoms with Crippen molar-refractivity contribution >= 4 is 5.91 Å². The van der Waals surface area contributed by atoms with E-state index in [-0.39, 0.29) is 5.91 Å². The Morgan fingerprint density at radius 1 is 1.39 bits per heavy atom. The number of methoxy groups -OCH3 is 1. The molecule has 3 heterocycles. The van der Waals surface area contributed by atoms with Crippen molar-refractivity contribution in [3.63, 3.8) is 0 Å². The van der Waals surface area contributed by atoms with Crippen LogP contribution >= 0.6 is 0 Å². The molecule has 0 aromatic carbocycles. The first kappa shape index (κ1) is 16.2. The lowest BCUT2D eigenvalue weighted by atomic mass is 9.97. The molecule has 1 amide bonds. The van der Waals surface area contributed by atoms with Crippen LogP contribution in [0.15, 0.2) is 18.3 Å². The lowest BCUT2D eigenvalue weighted by Crippen LogP contribution is -2.46. The summed E-state index contributed by atoms with van der Waals surface area (Å²) in [4.78, 5) is 21.3. The monoisotopic (exact) mass is 319 g/mol. The summed E-state index contributed by atoms with van der Waals surface area (Å²) >= 11 is 0. The van der Waals surface area contributed by atoms with Gasteiger partial charge in [0.25, 0.3) is 5.91 Å². The van der Waals surface area contributed by atoms with E-state index in [1.165, 1.54) is 6.42 Å². The molecule has 2 fully saturated rings. The van der Waals surface area contributed by atoms with E-state index >= 15 is 0 Å². The van der Waals surface area contributed by atoms with Crippen molar-refractivity contribution in [3.8, 4) is 5.75 Å². The zero-order valence-electron chi connectivity index (χ0n) is 13.7. The molecule has 126 valence electrons. The average molecular weight is 319 g/mol. The van der Waals surface area contributed by atoms with Crippen LogP contribution in [0.25, 0.3) is 0 Å². The predicted octanol–water partition coefficient (Wildman–Crippen LogP) is 1.27. The van der Waals surface area contributed by atoms with E-state index in [1.807, 2.05) is 4.90 Å². The molecule has 6 nitrogen and oxygen atoms in total. The molecule has 0 bridgehead atoms. The summed E-state index contributed by atoms with van der Waals surface area (Å²) in [6.07, 6.45) is 3.87. The van der Waals surface area contributed by atoms with Crippen molar-refractivity contribution in [3.05, 3.63) is 24.0 Å². The summed E-state index contributed by atoms with van der Waals surface area (Å²) in [7, 11) is 1.60. The molecular formula is C17H25N3O3. The lowest BCUT2D eigenvalue weighted by Gasteiger charge is -2.36. The number of rotatable bonds is 4. The number of pyridine rings is 1. The third-order valence-electron chi connectivity index (χ3n) is 4.61. The Morgan fingerprint density at radius 3 is 3.00 bits per heavy atom. The maximum atomic E-state index is 12.7. The van der Waals surface area contributed by atoms with E-state index in [4.69, 9.17) is 9.47 Å². The molecule has 3 rings (SSSR count). The zero-order chi connectivity index (χ0) is 16.1. The number of hydrogen-bond donors (Lipinski definition) is 0. The average Bonchev–Trinajstić information content (AvgIpc) is 2.62. The third-order valence-corrected chi connectivity index (χ3v) is 4.61. The predicted molar refractivity (Wildman–Crippen MR) is 86.7 cm³/mol. The molecule has 0 aliphatic carbocycles. The van der Waals surface area contributed by atoms with Gasteiger partial charge in [0.15, 0.2) is 0 Å². The van der Waals surface area contributed by atoms with Gasteiger partial charge in [-0.05, 0) is 24.8 Å². The molecule has 23 heavy (non-hydrogen) atoms. The van der Waals surface area contributed by atoms with Gasteiger partial charge in [0.1, 0.15) is 11.4 Å². The summed E-state index contributed by atoms with van der Waals surface area (Å²) < 4.78 is 10.6. The highest BCUT2D eigenvalue weighted by molar-refractivity contribution is 5.92. The molecule has 0 saturated carbocycles. The summed E-state index contributed by atoms with van der Waals surface area (Å²) in [5.41, 5.74) is 0.469. The van der Waals surface area contributed by atoms with Crippen molar-refractivity contribution in [1.82, 2.24) is 14.8 Å². The molecule has 1 aromatic rings. The number of carbonyl (C=O) groups excluding carboxylic acids is 1. The Bertz CT molecular complexity index is 532. The number of aromatic nitrogens is 1. The van der Waals surface area contributed by atoms with Gasteiger partial charge in [0.05, 0.1) is 20.3 Å². The van der Waals surface area contributed by atoms with Crippen LogP contribution in [-0.2, 0) is 4.74 Å². The highest BCUT2D eigenvalue weighted by atomic mass is 16.5. The number of ether oxygens (including phenoxy) is 2. The minimum Gasteiger partial charge on any atom is -0.497 e. The number of nitrogens with zero attached hydrogens (tertiary/aromatic N) is 3.